The van der Waals surface area contributed by atoms with E-state index in [2.05, 4.69) is 6.92 Å². The van der Waals surface area contributed by atoms with Gasteiger partial charge in [0.2, 0.25) is 15.9 Å². The summed E-state index contributed by atoms with van der Waals surface area (Å²) in [5.41, 5.74) is 0. The smallest absolute Gasteiger partial charge is 0.243 e. The maximum atomic E-state index is 13.1. The predicted octanol–water partition coefficient (Wildman–Crippen LogP) is 3.27. The Morgan fingerprint density at radius 1 is 1.12 bits per heavy atom. The number of amides is 1. The molecular formula is C19H29FN2O3S. The summed E-state index contributed by atoms with van der Waals surface area (Å²) < 4.78 is 40.0. The molecular weight excluding hydrogens is 355 g/mol. The van der Waals surface area contributed by atoms with Crippen LogP contribution in [0.15, 0.2) is 29.2 Å². The van der Waals surface area contributed by atoms with Crippen molar-refractivity contribution in [2.75, 3.05) is 26.2 Å². The number of nitrogens with zero attached hydrogens (tertiary/aromatic N) is 2. The van der Waals surface area contributed by atoms with Crippen LogP contribution >= 0.6 is 0 Å². The van der Waals surface area contributed by atoms with Gasteiger partial charge in [0.15, 0.2) is 0 Å². The van der Waals surface area contributed by atoms with Crippen LogP contribution in [0, 0.1) is 11.7 Å². The molecule has 2 rings (SSSR count). The van der Waals surface area contributed by atoms with Crippen LogP contribution in [0.5, 0.6) is 0 Å². The quantitative estimate of drug-likeness (QED) is 0.725. The molecule has 1 heterocycles. The molecule has 1 aliphatic heterocycles. The summed E-state index contributed by atoms with van der Waals surface area (Å²) in [5.74, 6) is -0.300. The number of carbonyl (C=O) groups excluding carboxylic acids is 1. The van der Waals surface area contributed by atoms with E-state index < -0.39 is 15.8 Å². The van der Waals surface area contributed by atoms with E-state index in [1.165, 1.54) is 16.4 Å². The lowest BCUT2D eigenvalue weighted by Gasteiger charge is -2.26. The van der Waals surface area contributed by atoms with Crippen molar-refractivity contribution in [2.24, 2.45) is 5.92 Å². The third-order valence-electron chi connectivity index (χ3n) is 4.97. The van der Waals surface area contributed by atoms with E-state index >= 15 is 0 Å². The Morgan fingerprint density at radius 2 is 1.81 bits per heavy atom. The first-order chi connectivity index (χ1) is 12.4. The van der Waals surface area contributed by atoms with E-state index in [0.717, 1.165) is 37.8 Å². The summed E-state index contributed by atoms with van der Waals surface area (Å²) >= 11 is 0. The van der Waals surface area contributed by atoms with Gasteiger partial charge < -0.3 is 4.90 Å². The summed E-state index contributed by atoms with van der Waals surface area (Å²) in [4.78, 5) is 14.7. The second-order valence-corrected chi connectivity index (χ2v) is 8.72. The topological polar surface area (TPSA) is 57.7 Å². The minimum atomic E-state index is -3.66. The number of sulfonamides is 1. The van der Waals surface area contributed by atoms with Gasteiger partial charge in [0.1, 0.15) is 5.82 Å². The summed E-state index contributed by atoms with van der Waals surface area (Å²) in [6.45, 7) is 5.77. The van der Waals surface area contributed by atoms with Crippen LogP contribution in [0.2, 0.25) is 0 Å². The average molecular weight is 385 g/mol. The summed E-state index contributed by atoms with van der Waals surface area (Å²) in [6, 6.07) is 4.88. The van der Waals surface area contributed by atoms with Gasteiger partial charge in [-0.1, -0.05) is 26.7 Å². The van der Waals surface area contributed by atoms with Crippen molar-refractivity contribution in [3.8, 4) is 0 Å². The van der Waals surface area contributed by atoms with Crippen LogP contribution in [0.25, 0.3) is 0 Å². The van der Waals surface area contributed by atoms with Crippen molar-refractivity contribution < 1.29 is 17.6 Å². The highest BCUT2D eigenvalue weighted by Crippen LogP contribution is 2.21. The molecule has 5 nitrogen and oxygen atoms in total. The highest BCUT2D eigenvalue weighted by atomic mass is 32.2. The molecule has 146 valence electrons. The third-order valence-corrected chi connectivity index (χ3v) is 6.88. The fourth-order valence-electron chi connectivity index (χ4n) is 3.32. The number of carbonyl (C=O) groups is 1. The van der Waals surface area contributed by atoms with Crippen molar-refractivity contribution in [3.05, 3.63) is 30.1 Å². The first-order valence-electron chi connectivity index (χ1n) is 9.44. The number of benzene rings is 1. The van der Waals surface area contributed by atoms with Gasteiger partial charge in [0.05, 0.1) is 4.90 Å². The normalized spacial score (nSPS) is 17.7. The lowest BCUT2D eigenvalue weighted by Crippen LogP contribution is -2.40. The molecule has 1 unspecified atom stereocenters. The zero-order chi connectivity index (χ0) is 19.2. The molecule has 1 aromatic rings. The molecule has 7 heteroatoms. The average Bonchev–Trinajstić information content (AvgIpc) is 2.89. The fourth-order valence-corrected chi connectivity index (χ4v) is 4.79. The summed E-state index contributed by atoms with van der Waals surface area (Å²) in [7, 11) is -3.66. The molecule has 26 heavy (non-hydrogen) atoms. The highest BCUT2D eigenvalue weighted by molar-refractivity contribution is 7.89. The van der Waals surface area contributed by atoms with Gasteiger partial charge in [-0.2, -0.15) is 4.31 Å². The van der Waals surface area contributed by atoms with Crippen molar-refractivity contribution >= 4 is 15.9 Å². The van der Waals surface area contributed by atoms with E-state index in [9.17, 15) is 17.6 Å². The van der Waals surface area contributed by atoms with Crippen LogP contribution in [0.3, 0.4) is 0 Å². The number of unbranched alkanes of at least 4 members (excludes halogenated alkanes) is 1. The Morgan fingerprint density at radius 3 is 2.42 bits per heavy atom. The van der Waals surface area contributed by atoms with E-state index in [-0.39, 0.29) is 23.3 Å². The van der Waals surface area contributed by atoms with Gasteiger partial charge in [0, 0.05) is 32.1 Å². The molecule has 0 saturated carbocycles. The molecule has 1 aromatic carbocycles. The number of halogens is 1. The lowest BCUT2D eigenvalue weighted by molar-refractivity contribution is -0.135. The molecule has 1 amide bonds. The van der Waals surface area contributed by atoms with Gasteiger partial charge in [-0.3, -0.25) is 4.79 Å². The number of hydrogen-bond donors (Lipinski definition) is 0. The van der Waals surface area contributed by atoms with Gasteiger partial charge in [0.25, 0.3) is 0 Å². The van der Waals surface area contributed by atoms with E-state index in [0.29, 0.717) is 26.1 Å². The Hall–Kier alpha value is -1.47. The van der Waals surface area contributed by atoms with Crippen molar-refractivity contribution in [2.45, 2.75) is 50.8 Å². The predicted molar refractivity (Wildman–Crippen MR) is 99.7 cm³/mol. The third kappa shape index (κ3) is 5.04. The molecule has 0 aliphatic carbocycles. The van der Waals surface area contributed by atoms with Crippen molar-refractivity contribution in [1.82, 2.24) is 9.21 Å². The standard InChI is InChI=1S/C19H29FN2O3S/c1-3-5-7-16(4-2)19(23)21-12-6-13-22(15-14-21)26(24,25)18-10-8-17(20)9-11-18/h8-11,16H,3-7,12-15H2,1-2H3. The van der Waals surface area contributed by atoms with Crippen LogP contribution in [0.4, 0.5) is 4.39 Å². The zero-order valence-corrected chi connectivity index (χ0v) is 16.5. The molecule has 1 aliphatic rings. The zero-order valence-electron chi connectivity index (χ0n) is 15.7. The highest BCUT2D eigenvalue weighted by Gasteiger charge is 2.30. The molecule has 0 spiro atoms. The monoisotopic (exact) mass is 384 g/mol. The minimum Gasteiger partial charge on any atom is -0.341 e. The first-order valence-corrected chi connectivity index (χ1v) is 10.9. The Balaban J connectivity index is 2.05. The van der Waals surface area contributed by atoms with Crippen LogP contribution in [-0.2, 0) is 14.8 Å². The molecule has 0 bridgehead atoms. The molecule has 0 radical (unpaired) electrons. The van der Waals surface area contributed by atoms with E-state index in [1.807, 2.05) is 11.8 Å². The molecule has 1 fully saturated rings. The molecule has 1 saturated heterocycles. The van der Waals surface area contributed by atoms with E-state index in [4.69, 9.17) is 0 Å². The van der Waals surface area contributed by atoms with Crippen molar-refractivity contribution in [1.29, 1.82) is 0 Å². The number of rotatable bonds is 7. The largest absolute Gasteiger partial charge is 0.341 e. The van der Waals surface area contributed by atoms with E-state index in [1.54, 1.807) is 0 Å². The summed E-state index contributed by atoms with van der Waals surface area (Å²) in [5, 5.41) is 0. The van der Waals surface area contributed by atoms with Crippen LogP contribution < -0.4 is 0 Å². The Kier molecular flexibility index (Phi) is 7.58. The Labute approximate surface area is 156 Å². The number of hydrogen-bond acceptors (Lipinski definition) is 3. The molecule has 0 N–H and O–H groups in total. The minimum absolute atomic E-state index is 0.0233. The second kappa shape index (κ2) is 9.46. The summed E-state index contributed by atoms with van der Waals surface area (Å²) in [6.07, 6.45) is 4.40. The van der Waals surface area contributed by atoms with Crippen LogP contribution in [0.1, 0.15) is 46.0 Å². The maximum absolute atomic E-state index is 13.1. The van der Waals surface area contributed by atoms with Gasteiger partial charge >= 0.3 is 0 Å². The SMILES string of the molecule is CCCCC(CC)C(=O)N1CCCN(S(=O)(=O)c2ccc(F)cc2)CC1. The first kappa shape index (κ1) is 20.8. The second-order valence-electron chi connectivity index (χ2n) is 6.78. The fraction of sp³-hybridized carbons (Fsp3) is 0.632. The van der Waals surface area contributed by atoms with Crippen molar-refractivity contribution in [3.63, 3.8) is 0 Å². The van der Waals surface area contributed by atoms with Gasteiger partial charge in [-0.15, -0.1) is 0 Å². The maximum Gasteiger partial charge on any atom is 0.243 e. The van der Waals surface area contributed by atoms with Crippen LogP contribution in [-0.4, -0.2) is 49.7 Å². The van der Waals surface area contributed by atoms with Gasteiger partial charge in [-0.05, 0) is 43.5 Å². The molecule has 1 atom stereocenters. The Bertz CT molecular complexity index is 691. The molecule has 0 aromatic heterocycles. The lowest BCUT2D eigenvalue weighted by atomic mass is 9.97. The van der Waals surface area contributed by atoms with Gasteiger partial charge in [-0.25, -0.2) is 12.8 Å².